The van der Waals surface area contributed by atoms with Crippen molar-refractivity contribution in [3.05, 3.63) is 69.8 Å². The first kappa shape index (κ1) is 23.3. The quantitative estimate of drug-likeness (QED) is 0.264. The van der Waals surface area contributed by atoms with Crippen molar-refractivity contribution in [2.24, 2.45) is 0 Å². The highest BCUT2D eigenvalue weighted by Crippen LogP contribution is 2.37. The van der Waals surface area contributed by atoms with Gasteiger partial charge in [0.05, 0.1) is 12.0 Å². The smallest absolute Gasteiger partial charge is 0.340 e. The van der Waals surface area contributed by atoms with Gasteiger partial charge in [-0.25, -0.2) is 4.79 Å². The van der Waals surface area contributed by atoms with Gasteiger partial charge in [-0.1, -0.05) is 36.8 Å². The summed E-state index contributed by atoms with van der Waals surface area (Å²) in [5, 5.41) is 13.2. The number of fused-ring (bicyclic) bond motifs is 2. The Hall–Kier alpha value is -3.87. The van der Waals surface area contributed by atoms with E-state index in [9.17, 15) is 14.4 Å². The molecular formula is C27H27NO6. The average molecular weight is 462 g/mol. The van der Waals surface area contributed by atoms with Crippen molar-refractivity contribution in [3.8, 4) is 11.1 Å². The summed E-state index contributed by atoms with van der Waals surface area (Å²) in [6.07, 6.45) is 2.03. The fraction of sp³-hybridized carbons (Fsp3) is 0.296. The van der Waals surface area contributed by atoms with E-state index in [1.54, 1.807) is 6.07 Å². The number of carbonyl (C=O) groups excluding carboxylic acids is 1. The molecule has 2 heterocycles. The van der Waals surface area contributed by atoms with Crippen LogP contribution in [0, 0.1) is 13.8 Å². The van der Waals surface area contributed by atoms with E-state index in [4.69, 9.17) is 13.9 Å². The lowest BCUT2D eigenvalue weighted by atomic mass is 9.98. The monoisotopic (exact) mass is 461 g/mol. The van der Waals surface area contributed by atoms with Gasteiger partial charge in [0.1, 0.15) is 16.9 Å². The molecule has 0 fully saturated rings. The fourth-order valence-corrected chi connectivity index (χ4v) is 4.30. The van der Waals surface area contributed by atoms with Crippen molar-refractivity contribution >= 4 is 33.8 Å². The topological polar surface area (TPSA) is 110 Å². The summed E-state index contributed by atoms with van der Waals surface area (Å²) in [7, 11) is 0. The van der Waals surface area contributed by atoms with E-state index in [0.29, 0.717) is 48.1 Å². The predicted molar refractivity (Wildman–Crippen MR) is 130 cm³/mol. The van der Waals surface area contributed by atoms with Gasteiger partial charge in [0.25, 0.3) is 0 Å². The molecule has 0 unspecified atom stereocenters. The standard InChI is InChI=1S/C27H27NO6/c1-16-19-13-21-23(33-17(2)26(21)18-9-5-3-6-10-18)15-22(19)34-27(32)20(16)14-24(29)28-12-8-4-7-11-25(30)31/h3,5-6,9-10,13,15H,4,7-8,11-12,14H2,1-2H3,(H,28,29)(H,30,31). The third-order valence-electron chi connectivity index (χ3n) is 6.06. The molecule has 0 radical (unpaired) electrons. The molecule has 4 rings (SSSR count). The lowest BCUT2D eigenvalue weighted by Crippen LogP contribution is -2.28. The molecule has 4 aromatic rings. The van der Waals surface area contributed by atoms with E-state index in [2.05, 4.69) is 5.32 Å². The van der Waals surface area contributed by atoms with Gasteiger partial charge < -0.3 is 19.3 Å². The molecule has 176 valence electrons. The van der Waals surface area contributed by atoms with Crippen LogP contribution in [0.15, 0.2) is 56.1 Å². The maximum Gasteiger partial charge on any atom is 0.340 e. The van der Waals surface area contributed by atoms with Crippen LogP contribution in [-0.4, -0.2) is 23.5 Å². The summed E-state index contributed by atoms with van der Waals surface area (Å²) in [5.41, 5.74) is 3.60. The number of aliphatic carboxylic acids is 1. The summed E-state index contributed by atoms with van der Waals surface area (Å²) in [6, 6.07) is 13.7. The lowest BCUT2D eigenvalue weighted by Gasteiger charge is -2.09. The number of carboxylic acids is 1. The van der Waals surface area contributed by atoms with E-state index >= 15 is 0 Å². The lowest BCUT2D eigenvalue weighted by molar-refractivity contribution is -0.137. The summed E-state index contributed by atoms with van der Waals surface area (Å²) < 4.78 is 11.5. The van der Waals surface area contributed by atoms with E-state index in [1.165, 1.54) is 0 Å². The van der Waals surface area contributed by atoms with Gasteiger partial charge in [-0.05, 0) is 43.9 Å². The molecule has 34 heavy (non-hydrogen) atoms. The number of unbranched alkanes of at least 4 members (excludes halogenated alkanes) is 2. The SMILES string of the molecule is Cc1oc2cc3oc(=O)c(CC(=O)NCCCCCC(=O)O)c(C)c3cc2c1-c1ccccc1. The second-order valence-corrected chi connectivity index (χ2v) is 8.47. The molecule has 0 spiro atoms. The number of nitrogens with one attached hydrogen (secondary N) is 1. The second-order valence-electron chi connectivity index (χ2n) is 8.47. The van der Waals surface area contributed by atoms with E-state index in [0.717, 1.165) is 27.7 Å². The Kier molecular flexibility index (Phi) is 6.82. The predicted octanol–water partition coefficient (Wildman–Crippen LogP) is 5.13. The Bertz CT molecular complexity index is 1410. The van der Waals surface area contributed by atoms with Crippen LogP contribution in [0.3, 0.4) is 0 Å². The summed E-state index contributed by atoms with van der Waals surface area (Å²) in [4.78, 5) is 35.7. The Balaban J connectivity index is 1.59. The van der Waals surface area contributed by atoms with Gasteiger partial charge in [-0.2, -0.15) is 0 Å². The summed E-state index contributed by atoms with van der Waals surface area (Å²) in [6.45, 7) is 4.17. The van der Waals surface area contributed by atoms with E-state index in [1.807, 2.05) is 50.2 Å². The van der Waals surface area contributed by atoms with Crippen LogP contribution < -0.4 is 10.9 Å². The Morgan fingerprint density at radius 2 is 1.68 bits per heavy atom. The Morgan fingerprint density at radius 3 is 2.41 bits per heavy atom. The maximum atomic E-state index is 12.7. The van der Waals surface area contributed by atoms with Gasteiger partial charge in [0.15, 0.2) is 0 Å². The van der Waals surface area contributed by atoms with Crippen LogP contribution in [0.5, 0.6) is 0 Å². The first-order valence-electron chi connectivity index (χ1n) is 11.4. The molecule has 2 N–H and O–H groups in total. The molecule has 0 aliphatic heterocycles. The number of carbonyl (C=O) groups is 2. The molecule has 2 aromatic heterocycles. The Labute approximate surface area is 196 Å². The van der Waals surface area contributed by atoms with Gasteiger partial charge in [0.2, 0.25) is 5.91 Å². The Morgan fingerprint density at radius 1 is 0.941 bits per heavy atom. The highest BCUT2D eigenvalue weighted by Gasteiger charge is 2.19. The van der Waals surface area contributed by atoms with Crippen molar-refractivity contribution in [2.75, 3.05) is 6.54 Å². The molecule has 7 heteroatoms. The third-order valence-corrected chi connectivity index (χ3v) is 6.06. The molecule has 0 atom stereocenters. The molecule has 0 aliphatic rings. The van der Waals surface area contributed by atoms with Gasteiger partial charge in [-0.15, -0.1) is 0 Å². The first-order valence-corrected chi connectivity index (χ1v) is 11.4. The van der Waals surface area contributed by atoms with Crippen LogP contribution in [0.1, 0.15) is 42.6 Å². The van der Waals surface area contributed by atoms with Crippen LogP contribution in [-0.2, 0) is 16.0 Å². The molecule has 1 amide bonds. The number of rotatable bonds is 9. The van der Waals surface area contributed by atoms with Crippen molar-refractivity contribution in [1.29, 1.82) is 0 Å². The first-order chi connectivity index (χ1) is 16.3. The molecule has 0 aliphatic carbocycles. The maximum absolute atomic E-state index is 12.7. The average Bonchev–Trinajstić information content (AvgIpc) is 3.12. The molecule has 7 nitrogen and oxygen atoms in total. The summed E-state index contributed by atoms with van der Waals surface area (Å²) >= 11 is 0. The highest BCUT2D eigenvalue weighted by molar-refractivity contribution is 6.03. The second kappa shape index (κ2) is 9.95. The zero-order valence-corrected chi connectivity index (χ0v) is 19.3. The largest absolute Gasteiger partial charge is 0.481 e. The molecule has 0 bridgehead atoms. The number of amides is 1. The third kappa shape index (κ3) is 4.88. The number of aryl methyl sites for hydroxylation is 2. The normalized spacial score (nSPS) is 11.2. The summed E-state index contributed by atoms with van der Waals surface area (Å²) in [5.74, 6) is -0.307. The van der Waals surface area contributed by atoms with Gasteiger partial charge in [-0.3, -0.25) is 9.59 Å². The minimum atomic E-state index is -0.818. The minimum absolute atomic E-state index is 0.0762. The van der Waals surface area contributed by atoms with Gasteiger partial charge in [0, 0.05) is 35.4 Å². The van der Waals surface area contributed by atoms with E-state index in [-0.39, 0.29) is 18.7 Å². The number of hydrogen-bond donors (Lipinski definition) is 2. The van der Waals surface area contributed by atoms with Crippen LogP contribution in [0.4, 0.5) is 0 Å². The van der Waals surface area contributed by atoms with Crippen molar-refractivity contribution in [3.63, 3.8) is 0 Å². The molecule has 0 saturated heterocycles. The number of hydrogen-bond acceptors (Lipinski definition) is 5. The van der Waals surface area contributed by atoms with Crippen molar-refractivity contribution < 1.29 is 23.5 Å². The van der Waals surface area contributed by atoms with Crippen molar-refractivity contribution in [2.45, 2.75) is 46.0 Å². The van der Waals surface area contributed by atoms with E-state index < -0.39 is 11.6 Å². The van der Waals surface area contributed by atoms with Crippen LogP contribution >= 0.6 is 0 Å². The number of benzene rings is 2. The molecular weight excluding hydrogens is 434 g/mol. The number of carboxylic acid groups (broad SMARTS) is 1. The van der Waals surface area contributed by atoms with Crippen LogP contribution in [0.25, 0.3) is 33.1 Å². The molecule has 0 saturated carbocycles. The number of furan rings is 1. The highest BCUT2D eigenvalue weighted by atomic mass is 16.4. The zero-order chi connectivity index (χ0) is 24.2. The minimum Gasteiger partial charge on any atom is -0.481 e. The molecule has 2 aromatic carbocycles. The fourth-order valence-electron chi connectivity index (χ4n) is 4.30. The zero-order valence-electron chi connectivity index (χ0n) is 19.3. The van der Waals surface area contributed by atoms with Crippen molar-refractivity contribution in [1.82, 2.24) is 5.32 Å². The van der Waals surface area contributed by atoms with Crippen LogP contribution in [0.2, 0.25) is 0 Å². The van der Waals surface area contributed by atoms with Gasteiger partial charge >= 0.3 is 11.6 Å².